The molecule has 0 radical (unpaired) electrons. The van der Waals surface area contributed by atoms with Crippen molar-refractivity contribution in [1.29, 1.82) is 5.26 Å². The Morgan fingerprint density at radius 1 is 1.11 bits per heavy atom. The first kappa shape index (κ1) is 23.1. The molecule has 2 aliphatic carbocycles. The van der Waals surface area contributed by atoms with Crippen molar-refractivity contribution in [1.82, 2.24) is 24.6 Å². The normalized spacial score (nSPS) is 24.3. The summed E-state index contributed by atoms with van der Waals surface area (Å²) in [5.74, 6) is 2.46. The first-order valence-corrected chi connectivity index (χ1v) is 13.2. The van der Waals surface area contributed by atoms with Gasteiger partial charge in [0.15, 0.2) is 17.3 Å². The van der Waals surface area contributed by atoms with E-state index in [2.05, 4.69) is 35.6 Å². The summed E-state index contributed by atoms with van der Waals surface area (Å²) in [7, 11) is 0. The van der Waals surface area contributed by atoms with Crippen LogP contribution >= 0.6 is 11.6 Å². The number of alkyl halides is 1. The summed E-state index contributed by atoms with van der Waals surface area (Å²) in [6.45, 7) is 2.88. The van der Waals surface area contributed by atoms with E-state index in [4.69, 9.17) is 16.9 Å². The molecule has 3 fully saturated rings. The molecule has 0 amide bonds. The van der Waals surface area contributed by atoms with Gasteiger partial charge in [-0.1, -0.05) is 11.6 Å². The van der Waals surface area contributed by atoms with Crippen LogP contribution in [-0.2, 0) is 13.1 Å². The second-order valence-corrected chi connectivity index (χ2v) is 11.6. The number of hydrogen-bond donors (Lipinski definition) is 0. The zero-order chi connectivity index (χ0) is 25.3. The van der Waals surface area contributed by atoms with E-state index >= 15 is 0 Å². The van der Waals surface area contributed by atoms with Crippen molar-refractivity contribution in [2.24, 2.45) is 11.3 Å². The lowest BCUT2D eigenvalue weighted by Gasteiger charge is -2.59. The summed E-state index contributed by atoms with van der Waals surface area (Å²) in [6, 6.07) is 11.2. The van der Waals surface area contributed by atoms with Crippen molar-refractivity contribution in [3.8, 4) is 11.8 Å². The fraction of sp³-hybridized carbons (Fsp3) is 0.481. The lowest BCUT2D eigenvalue weighted by Crippen LogP contribution is -2.62. The maximum atomic E-state index is 13.7. The third-order valence-electron chi connectivity index (χ3n) is 8.74. The second kappa shape index (κ2) is 8.47. The van der Waals surface area contributed by atoms with Gasteiger partial charge in [0.25, 0.3) is 0 Å². The number of hydrogen-bond acceptors (Lipinski definition) is 6. The van der Waals surface area contributed by atoms with E-state index in [-0.39, 0.29) is 23.7 Å². The maximum Gasteiger partial charge on any atom is 0.178 e. The zero-order valence-corrected chi connectivity index (χ0v) is 21.0. The monoisotopic (exact) mass is 521 g/mol. The van der Waals surface area contributed by atoms with E-state index in [0.717, 1.165) is 68.2 Å². The van der Waals surface area contributed by atoms with Gasteiger partial charge in [-0.05, 0) is 67.5 Å². The minimum absolute atomic E-state index is 0.161. The molecule has 0 atom stereocenters. The summed E-state index contributed by atoms with van der Waals surface area (Å²) in [4.78, 5) is 8.69. The molecule has 37 heavy (non-hydrogen) atoms. The van der Waals surface area contributed by atoms with Gasteiger partial charge in [0, 0.05) is 42.0 Å². The Hall–Kier alpha value is -3.09. The quantitative estimate of drug-likeness (QED) is 0.492. The van der Waals surface area contributed by atoms with E-state index in [9.17, 15) is 8.78 Å². The van der Waals surface area contributed by atoms with E-state index < -0.39 is 5.82 Å². The largest absolute Gasteiger partial charge is 0.355 e. The number of rotatable bonds is 4. The first-order chi connectivity index (χ1) is 17.9. The molecule has 10 heteroatoms. The molecule has 1 aromatic carbocycles. The maximum absolute atomic E-state index is 13.7. The fourth-order valence-electron chi connectivity index (χ4n) is 6.74. The summed E-state index contributed by atoms with van der Waals surface area (Å²) in [5.41, 5.74) is 2.26. The van der Waals surface area contributed by atoms with Gasteiger partial charge in [0.2, 0.25) is 0 Å². The van der Waals surface area contributed by atoms with Gasteiger partial charge < -0.3 is 4.90 Å². The van der Waals surface area contributed by atoms with Crippen molar-refractivity contribution < 1.29 is 8.78 Å². The molecule has 4 heterocycles. The number of benzene rings is 1. The average molecular weight is 522 g/mol. The van der Waals surface area contributed by atoms with Crippen molar-refractivity contribution >= 4 is 17.4 Å². The molecule has 0 N–H and O–H groups in total. The minimum Gasteiger partial charge on any atom is -0.355 e. The number of nitrogens with zero attached hydrogens (tertiary/aromatic N) is 7. The highest BCUT2D eigenvalue weighted by atomic mass is 35.5. The lowest BCUT2D eigenvalue weighted by atomic mass is 9.57. The number of anilines is 1. The van der Waals surface area contributed by atoms with Crippen LogP contribution in [0.3, 0.4) is 0 Å². The molecule has 4 aliphatic rings. The Kier molecular flexibility index (Phi) is 5.28. The summed E-state index contributed by atoms with van der Waals surface area (Å²) in [5, 5.41) is 19.1. The highest BCUT2D eigenvalue weighted by Crippen LogP contribution is 2.56. The van der Waals surface area contributed by atoms with Crippen LogP contribution in [0.25, 0.3) is 5.69 Å². The SMILES string of the molecule is N#Cc1nc(N2CC3(CC(c4nnc5n4-c4ccc(Cl)cc4CN(C4CC(CF)C4)C5)C3)C2)ccc1F. The van der Waals surface area contributed by atoms with Crippen molar-refractivity contribution in [2.75, 3.05) is 24.7 Å². The number of halogens is 3. The molecule has 0 unspecified atom stereocenters. The molecule has 0 bridgehead atoms. The topological polar surface area (TPSA) is 73.9 Å². The summed E-state index contributed by atoms with van der Waals surface area (Å²) < 4.78 is 29.0. The zero-order valence-electron chi connectivity index (χ0n) is 20.2. The van der Waals surface area contributed by atoms with Crippen molar-refractivity contribution in [3.05, 3.63) is 64.1 Å². The van der Waals surface area contributed by atoms with Gasteiger partial charge in [-0.15, -0.1) is 10.2 Å². The number of pyridine rings is 1. The molecule has 1 saturated heterocycles. The van der Waals surface area contributed by atoms with E-state index in [1.165, 1.54) is 6.07 Å². The molecule has 7 nitrogen and oxygen atoms in total. The molecule has 1 spiro atoms. The summed E-state index contributed by atoms with van der Waals surface area (Å²) >= 11 is 6.39. The van der Waals surface area contributed by atoms with Crippen LogP contribution in [0.15, 0.2) is 30.3 Å². The highest BCUT2D eigenvalue weighted by molar-refractivity contribution is 6.30. The number of aromatic nitrogens is 4. The van der Waals surface area contributed by atoms with Gasteiger partial charge >= 0.3 is 0 Å². The molecular formula is C27H26ClF2N7. The Bertz CT molecular complexity index is 1410. The predicted octanol–water partition coefficient (Wildman–Crippen LogP) is 4.77. The van der Waals surface area contributed by atoms with Gasteiger partial charge in [-0.2, -0.15) is 5.26 Å². The molecule has 2 aliphatic heterocycles. The van der Waals surface area contributed by atoms with Crippen molar-refractivity contribution in [2.45, 2.75) is 50.7 Å². The molecular weight excluding hydrogens is 496 g/mol. The third-order valence-corrected chi connectivity index (χ3v) is 8.97. The van der Waals surface area contributed by atoms with Crippen LogP contribution in [0.1, 0.15) is 54.5 Å². The van der Waals surface area contributed by atoms with Gasteiger partial charge in [-0.25, -0.2) is 9.37 Å². The van der Waals surface area contributed by atoms with Gasteiger partial charge in [0.1, 0.15) is 17.7 Å². The average Bonchev–Trinajstić information content (AvgIpc) is 3.13. The van der Waals surface area contributed by atoms with Crippen LogP contribution in [0.5, 0.6) is 0 Å². The minimum atomic E-state index is -0.586. The Labute approximate surface area is 218 Å². The summed E-state index contributed by atoms with van der Waals surface area (Å²) in [6.07, 6.45) is 3.77. The Balaban J connectivity index is 1.11. The molecule has 2 saturated carbocycles. The van der Waals surface area contributed by atoms with Crippen LogP contribution in [0.4, 0.5) is 14.6 Å². The molecule has 2 aromatic heterocycles. The lowest BCUT2D eigenvalue weighted by molar-refractivity contribution is 0.0520. The molecule has 7 rings (SSSR count). The smallest absolute Gasteiger partial charge is 0.178 e. The fourth-order valence-corrected chi connectivity index (χ4v) is 6.93. The Morgan fingerprint density at radius 3 is 2.68 bits per heavy atom. The van der Waals surface area contributed by atoms with Gasteiger partial charge in [-0.3, -0.25) is 13.9 Å². The van der Waals surface area contributed by atoms with Crippen LogP contribution in [-0.4, -0.2) is 50.5 Å². The van der Waals surface area contributed by atoms with Crippen LogP contribution in [0.2, 0.25) is 5.02 Å². The first-order valence-electron chi connectivity index (χ1n) is 12.8. The van der Waals surface area contributed by atoms with E-state index in [1.54, 1.807) is 6.07 Å². The van der Waals surface area contributed by atoms with E-state index in [1.807, 2.05) is 18.2 Å². The predicted molar refractivity (Wildman–Crippen MR) is 134 cm³/mol. The van der Waals surface area contributed by atoms with Crippen LogP contribution in [0, 0.1) is 28.5 Å². The highest BCUT2D eigenvalue weighted by Gasteiger charge is 2.54. The number of nitriles is 1. The third kappa shape index (κ3) is 3.72. The van der Waals surface area contributed by atoms with Crippen LogP contribution < -0.4 is 4.90 Å². The second-order valence-electron chi connectivity index (χ2n) is 11.2. The van der Waals surface area contributed by atoms with Gasteiger partial charge in [0.05, 0.1) is 18.9 Å². The standard InChI is InChI=1S/C27H26ClF2N7/c28-19-1-3-23-17(7-19)12-35(20-5-16(6-20)10-29)13-25-33-34-26(37(23)25)18-8-27(9-18)14-36(15-27)24-4-2-21(30)22(11-31)32-24/h1-4,7,16,18,20H,5-6,8-10,12-15H2. The molecule has 3 aromatic rings. The number of fused-ring (bicyclic) bond motifs is 3. The van der Waals surface area contributed by atoms with E-state index in [0.29, 0.717) is 29.3 Å². The Morgan fingerprint density at radius 2 is 1.92 bits per heavy atom. The molecule has 190 valence electrons. The van der Waals surface area contributed by atoms with Crippen molar-refractivity contribution in [3.63, 3.8) is 0 Å².